The van der Waals surface area contributed by atoms with Crippen LogP contribution in [0.5, 0.6) is 0 Å². The van der Waals surface area contributed by atoms with Crippen LogP contribution in [0.25, 0.3) is 10.8 Å². The van der Waals surface area contributed by atoms with E-state index in [2.05, 4.69) is 10.6 Å². The molecule has 5 nitrogen and oxygen atoms in total. The summed E-state index contributed by atoms with van der Waals surface area (Å²) in [6, 6.07) is 20.8. The van der Waals surface area contributed by atoms with Gasteiger partial charge in [0.15, 0.2) is 5.11 Å². The Morgan fingerprint density at radius 2 is 1.61 bits per heavy atom. The predicted molar refractivity (Wildman–Crippen MR) is 116 cm³/mol. The molecule has 0 fully saturated rings. The monoisotopic (exact) mass is 391 g/mol. The van der Waals surface area contributed by atoms with Crippen molar-refractivity contribution in [1.29, 1.82) is 0 Å². The summed E-state index contributed by atoms with van der Waals surface area (Å²) in [5.41, 5.74) is 2.23. The standard InChI is InChI=1S/C22H21N3O2S/c1-25(2)21(27)16-10-12-18(13-11-16)23-22(28)24-20(26)14-17-8-5-7-15-6-3-4-9-19(15)17/h3-13H,14H2,1-2H3,(H2,23,24,26,28). The molecule has 0 aromatic heterocycles. The summed E-state index contributed by atoms with van der Waals surface area (Å²) in [7, 11) is 3.41. The summed E-state index contributed by atoms with van der Waals surface area (Å²) in [6.07, 6.45) is 0.236. The predicted octanol–water partition coefficient (Wildman–Crippen LogP) is 3.60. The molecule has 0 radical (unpaired) electrons. The van der Waals surface area contributed by atoms with Crippen molar-refractivity contribution in [3.63, 3.8) is 0 Å². The first-order chi connectivity index (χ1) is 13.4. The molecule has 0 unspecified atom stereocenters. The Bertz CT molecular complexity index is 1020. The highest BCUT2D eigenvalue weighted by atomic mass is 32.1. The average molecular weight is 391 g/mol. The third kappa shape index (κ3) is 4.72. The van der Waals surface area contributed by atoms with E-state index in [4.69, 9.17) is 12.2 Å². The summed E-state index contributed by atoms with van der Waals surface area (Å²) >= 11 is 5.23. The zero-order valence-corrected chi connectivity index (χ0v) is 16.5. The second kappa shape index (κ2) is 8.63. The Morgan fingerprint density at radius 1 is 0.929 bits per heavy atom. The van der Waals surface area contributed by atoms with Crippen LogP contribution in [-0.2, 0) is 11.2 Å². The third-order valence-corrected chi connectivity index (χ3v) is 4.48. The van der Waals surface area contributed by atoms with Crippen molar-refractivity contribution in [2.45, 2.75) is 6.42 Å². The van der Waals surface area contributed by atoms with Crippen LogP contribution in [-0.4, -0.2) is 35.9 Å². The van der Waals surface area contributed by atoms with Gasteiger partial charge in [0.2, 0.25) is 5.91 Å². The van der Waals surface area contributed by atoms with E-state index in [1.54, 1.807) is 38.4 Å². The van der Waals surface area contributed by atoms with Crippen molar-refractivity contribution in [1.82, 2.24) is 10.2 Å². The molecule has 0 aliphatic rings. The summed E-state index contributed by atoms with van der Waals surface area (Å²) in [6.45, 7) is 0. The molecule has 0 aliphatic heterocycles. The first-order valence-corrected chi connectivity index (χ1v) is 9.24. The molecule has 3 aromatic carbocycles. The molecular weight excluding hydrogens is 370 g/mol. The van der Waals surface area contributed by atoms with E-state index in [0.717, 1.165) is 16.3 Å². The molecule has 142 valence electrons. The number of fused-ring (bicyclic) bond motifs is 1. The Labute approximate surface area is 169 Å². The van der Waals surface area contributed by atoms with Crippen LogP contribution in [0.1, 0.15) is 15.9 Å². The first-order valence-electron chi connectivity index (χ1n) is 8.83. The van der Waals surface area contributed by atoms with E-state index < -0.39 is 0 Å². The number of amides is 2. The number of hydrogen-bond donors (Lipinski definition) is 2. The second-order valence-corrected chi connectivity index (χ2v) is 7.00. The number of carbonyl (C=O) groups excluding carboxylic acids is 2. The van der Waals surface area contributed by atoms with Gasteiger partial charge in [-0.05, 0) is 52.8 Å². The van der Waals surface area contributed by atoms with Gasteiger partial charge in [0.25, 0.3) is 5.91 Å². The SMILES string of the molecule is CN(C)C(=O)c1ccc(NC(=S)NC(=O)Cc2cccc3ccccc23)cc1. The minimum Gasteiger partial charge on any atom is -0.345 e. The summed E-state index contributed by atoms with van der Waals surface area (Å²) in [5, 5.41) is 8.04. The highest BCUT2D eigenvalue weighted by Gasteiger charge is 2.10. The highest BCUT2D eigenvalue weighted by Crippen LogP contribution is 2.19. The molecule has 3 rings (SSSR count). The van der Waals surface area contributed by atoms with E-state index in [-0.39, 0.29) is 23.3 Å². The van der Waals surface area contributed by atoms with Gasteiger partial charge in [-0.15, -0.1) is 0 Å². The Kier molecular flexibility index (Phi) is 6.01. The minimum atomic E-state index is -0.187. The quantitative estimate of drug-likeness (QED) is 0.667. The van der Waals surface area contributed by atoms with Crippen LogP contribution in [0.2, 0.25) is 0 Å². The molecule has 6 heteroatoms. The van der Waals surface area contributed by atoms with Gasteiger partial charge in [-0.3, -0.25) is 9.59 Å². The smallest absolute Gasteiger partial charge is 0.253 e. The van der Waals surface area contributed by atoms with E-state index in [1.165, 1.54) is 4.90 Å². The lowest BCUT2D eigenvalue weighted by Gasteiger charge is -2.12. The number of nitrogens with zero attached hydrogens (tertiary/aromatic N) is 1. The Morgan fingerprint density at radius 3 is 2.32 bits per heavy atom. The summed E-state index contributed by atoms with van der Waals surface area (Å²) in [5.74, 6) is -0.259. The molecule has 0 saturated carbocycles. The van der Waals surface area contributed by atoms with Gasteiger partial charge < -0.3 is 15.5 Å². The maximum absolute atomic E-state index is 12.4. The highest BCUT2D eigenvalue weighted by molar-refractivity contribution is 7.80. The molecule has 0 heterocycles. The maximum Gasteiger partial charge on any atom is 0.253 e. The van der Waals surface area contributed by atoms with Crippen molar-refractivity contribution in [3.05, 3.63) is 77.9 Å². The molecule has 0 atom stereocenters. The van der Waals surface area contributed by atoms with Crippen molar-refractivity contribution >= 4 is 45.6 Å². The zero-order valence-electron chi connectivity index (χ0n) is 15.7. The van der Waals surface area contributed by atoms with Crippen molar-refractivity contribution in [3.8, 4) is 0 Å². The van der Waals surface area contributed by atoms with Crippen LogP contribution in [0, 0.1) is 0 Å². The molecule has 0 aliphatic carbocycles. The topological polar surface area (TPSA) is 61.4 Å². The van der Waals surface area contributed by atoms with Crippen molar-refractivity contribution in [2.75, 3.05) is 19.4 Å². The molecule has 2 N–H and O–H groups in total. The zero-order chi connectivity index (χ0) is 20.1. The maximum atomic E-state index is 12.4. The fourth-order valence-corrected chi connectivity index (χ4v) is 3.14. The molecule has 0 saturated heterocycles. The van der Waals surface area contributed by atoms with Crippen LogP contribution >= 0.6 is 12.2 Å². The second-order valence-electron chi connectivity index (χ2n) is 6.59. The van der Waals surface area contributed by atoms with Crippen molar-refractivity contribution in [2.24, 2.45) is 0 Å². The number of nitrogens with one attached hydrogen (secondary N) is 2. The molecule has 28 heavy (non-hydrogen) atoms. The number of benzene rings is 3. The minimum absolute atomic E-state index is 0.0717. The summed E-state index contributed by atoms with van der Waals surface area (Å²) in [4.78, 5) is 25.8. The van der Waals surface area contributed by atoms with E-state index >= 15 is 0 Å². The molecule has 0 bridgehead atoms. The molecule has 0 spiro atoms. The van der Waals surface area contributed by atoms with Gasteiger partial charge in [-0.25, -0.2) is 0 Å². The van der Waals surface area contributed by atoms with Gasteiger partial charge in [-0.1, -0.05) is 42.5 Å². The Hall–Kier alpha value is -3.25. The lowest BCUT2D eigenvalue weighted by Crippen LogP contribution is -2.35. The van der Waals surface area contributed by atoms with Crippen LogP contribution < -0.4 is 10.6 Å². The number of thiocarbonyl (C=S) groups is 1. The van der Waals surface area contributed by atoms with Gasteiger partial charge in [0.1, 0.15) is 0 Å². The number of carbonyl (C=O) groups is 2. The van der Waals surface area contributed by atoms with Crippen LogP contribution in [0.4, 0.5) is 5.69 Å². The number of anilines is 1. The van der Waals surface area contributed by atoms with Gasteiger partial charge in [0.05, 0.1) is 6.42 Å². The Balaban J connectivity index is 1.60. The fourth-order valence-electron chi connectivity index (χ4n) is 2.91. The van der Waals surface area contributed by atoms with Crippen LogP contribution in [0.15, 0.2) is 66.7 Å². The van der Waals surface area contributed by atoms with Gasteiger partial charge in [-0.2, -0.15) is 0 Å². The normalized spacial score (nSPS) is 10.4. The van der Waals surface area contributed by atoms with E-state index in [0.29, 0.717) is 11.3 Å². The van der Waals surface area contributed by atoms with Gasteiger partial charge >= 0.3 is 0 Å². The van der Waals surface area contributed by atoms with Crippen molar-refractivity contribution < 1.29 is 9.59 Å². The van der Waals surface area contributed by atoms with E-state index in [1.807, 2.05) is 42.5 Å². The lowest BCUT2D eigenvalue weighted by atomic mass is 10.0. The lowest BCUT2D eigenvalue weighted by molar-refractivity contribution is -0.119. The largest absolute Gasteiger partial charge is 0.345 e. The number of rotatable bonds is 4. The third-order valence-electron chi connectivity index (χ3n) is 4.28. The molecular formula is C22H21N3O2S. The molecule has 2 amide bonds. The van der Waals surface area contributed by atoms with Crippen LogP contribution in [0.3, 0.4) is 0 Å². The first kappa shape index (κ1) is 19.5. The molecule has 3 aromatic rings. The van der Waals surface area contributed by atoms with Gasteiger partial charge in [0, 0.05) is 25.3 Å². The average Bonchev–Trinajstić information content (AvgIpc) is 2.68. The summed E-state index contributed by atoms with van der Waals surface area (Å²) < 4.78 is 0. The number of hydrogen-bond acceptors (Lipinski definition) is 3. The van der Waals surface area contributed by atoms with E-state index in [9.17, 15) is 9.59 Å². The fraction of sp³-hybridized carbons (Fsp3) is 0.136.